The van der Waals surface area contributed by atoms with Crippen LogP contribution in [0.25, 0.3) is 0 Å². The summed E-state index contributed by atoms with van der Waals surface area (Å²) in [6.07, 6.45) is 1.47. The van der Waals surface area contributed by atoms with Crippen molar-refractivity contribution in [1.29, 1.82) is 0 Å². The Morgan fingerprint density at radius 1 is 0.545 bits per heavy atom. The van der Waals surface area contributed by atoms with Crippen molar-refractivity contribution >= 4 is 0 Å². The highest BCUT2D eigenvalue weighted by atomic mass is 16.1. The first-order chi connectivity index (χ1) is 10.8. The second-order valence-electron chi connectivity index (χ2n) is 5.46. The summed E-state index contributed by atoms with van der Waals surface area (Å²) in [5.41, 5.74) is 4.38. The first kappa shape index (κ1) is 14.3. The Hall–Kier alpha value is -2.67. The molecule has 0 spiro atoms. The first-order valence-corrected chi connectivity index (χ1v) is 7.51. The fourth-order valence-electron chi connectivity index (χ4n) is 2.58. The molecule has 0 atom stereocenters. The summed E-state index contributed by atoms with van der Waals surface area (Å²) in [6.45, 7) is 0. The van der Waals surface area contributed by atoms with E-state index in [4.69, 9.17) is 0 Å². The van der Waals surface area contributed by atoms with E-state index in [1.165, 1.54) is 5.56 Å². The summed E-state index contributed by atoms with van der Waals surface area (Å²) < 4.78 is 0. The van der Waals surface area contributed by atoms with Crippen molar-refractivity contribution in [1.82, 2.24) is 0 Å². The van der Waals surface area contributed by atoms with Crippen molar-refractivity contribution in [3.8, 4) is 0 Å². The van der Waals surface area contributed by atoms with E-state index in [1.807, 2.05) is 54.6 Å². The molecule has 1 heteroatoms. The predicted octanol–water partition coefficient (Wildman–Crippen LogP) is 4.23. The maximum absolute atomic E-state index is 12.4. The van der Waals surface area contributed by atoms with Gasteiger partial charge >= 0.3 is 0 Å². The second kappa shape index (κ2) is 6.86. The van der Waals surface area contributed by atoms with E-state index >= 15 is 0 Å². The van der Waals surface area contributed by atoms with Crippen molar-refractivity contribution in [3.63, 3.8) is 0 Å². The normalized spacial score (nSPS) is 10.4. The number of hydrogen-bond donors (Lipinski definition) is 0. The van der Waals surface area contributed by atoms with Gasteiger partial charge in [0.2, 0.25) is 0 Å². The molecular formula is C21H18O. The average Bonchev–Trinajstić information content (AvgIpc) is 2.71. The molecule has 0 fully saturated rings. The third-order valence-electron chi connectivity index (χ3n) is 3.73. The van der Waals surface area contributed by atoms with Gasteiger partial charge in [0.15, 0.2) is 5.43 Å². The Morgan fingerprint density at radius 2 is 1.09 bits per heavy atom. The zero-order valence-electron chi connectivity index (χ0n) is 12.4. The van der Waals surface area contributed by atoms with Gasteiger partial charge in [0.25, 0.3) is 0 Å². The molecule has 0 amide bonds. The summed E-state index contributed by atoms with van der Waals surface area (Å²) in [5, 5.41) is 0. The molecule has 0 saturated heterocycles. The summed E-state index contributed by atoms with van der Waals surface area (Å²) in [5.74, 6) is 0. The molecule has 108 valence electrons. The highest BCUT2D eigenvalue weighted by Crippen LogP contribution is 2.09. The van der Waals surface area contributed by atoms with Crippen LogP contribution in [-0.2, 0) is 12.8 Å². The topological polar surface area (TPSA) is 17.1 Å². The highest BCUT2D eigenvalue weighted by molar-refractivity contribution is 5.30. The van der Waals surface area contributed by atoms with Gasteiger partial charge in [0, 0.05) is 12.0 Å². The van der Waals surface area contributed by atoms with E-state index in [1.54, 1.807) is 6.07 Å². The molecular weight excluding hydrogens is 268 g/mol. The molecule has 3 aromatic rings. The van der Waals surface area contributed by atoms with Gasteiger partial charge < -0.3 is 0 Å². The van der Waals surface area contributed by atoms with Crippen LogP contribution < -0.4 is 5.43 Å². The lowest BCUT2D eigenvalue weighted by Crippen LogP contribution is -2.05. The van der Waals surface area contributed by atoms with Gasteiger partial charge in [-0.1, -0.05) is 78.9 Å². The second-order valence-corrected chi connectivity index (χ2v) is 5.46. The summed E-state index contributed by atoms with van der Waals surface area (Å²) in [6, 6.07) is 28.0. The average molecular weight is 286 g/mol. The van der Waals surface area contributed by atoms with Crippen molar-refractivity contribution in [2.75, 3.05) is 0 Å². The Kier molecular flexibility index (Phi) is 4.45. The smallest absolute Gasteiger partial charge is 0.182 e. The van der Waals surface area contributed by atoms with Crippen LogP contribution >= 0.6 is 0 Å². The summed E-state index contributed by atoms with van der Waals surface area (Å²) in [7, 11) is 0. The van der Waals surface area contributed by atoms with Crippen molar-refractivity contribution < 1.29 is 0 Å². The fraction of sp³-hybridized carbons (Fsp3) is 0.0952. The maximum atomic E-state index is 12.4. The molecule has 3 aromatic carbocycles. The molecule has 0 bridgehead atoms. The van der Waals surface area contributed by atoms with E-state index in [2.05, 4.69) is 24.3 Å². The maximum Gasteiger partial charge on any atom is 0.182 e. The Bertz CT molecular complexity index is 792. The van der Waals surface area contributed by atoms with Crippen LogP contribution in [0.5, 0.6) is 0 Å². The lowest BCUT2D eigenvalue weighted by Gasteiger charge is -1.99. The van der Waals surface area contributed by atoms with Crippen molar-refractivity contribution in [3.05, 3.63) is 117 Å². The van der Waals surface area contributed by atoms with Crippen molar-refractivity contribution in [2.45, 2.75) is 12.8 Å². The molecule has 0 aliphatic rings. The Labute approximate surface area is 130 Å². The zero-order chi connectivity index (χ0) is 15.2. The molecule has 1 nitrogen and oxygen atoms in total. The fourth-order valence-corrected chi connectivity index (χ4v) is 2.58. The molecule has 0 aliphatic carbocycles. The van der Waals surface area contributed by atoms with Crippen LogP contribution in [0.1, 0.15) is 22.3 Å². The molecule has 22 heavy (non-hydrogen) atoms. The van der Waals surface area contributed by atoms with Crippen LogP contribution in [0.3, 0.4) is 0 Å². The molecule has 0 saturated carbocycles. The van der Waals surface area contributed by atoms with Gasteiger partial charge in [-0.15, -0.1) is 0 Å². The third-order valence-corrected chi connectivity index (χ3v) is 3.73. The minimum atomic E-state index is 0.111. The molecule has 0 unspecified atom stereocenters. The SMILES string of the molecule is O=c1cc(Cc2ccccc2)cccc1Cc1ccccc1. The molecule has 0 N–H and O–H groups in total. The van der Waals surface area contributed by atoms with Gasteiger partial charge in [0.05, 0.1) is 0 Å². The van der Waals surface area contributed by atoms with Crippen molar-refractivity contribution in [2.24, 2.45) is 0 Å². The highest BCUT2D eigenvalue weighted by Gasteiger charge is 2.01. The van der Waals surface area contributed by atoms with Crippen LogP contribution in [0.4, 0.5) is 0 Å². The predicted molar refractivity (Wildman–Crippen MR) is 91.2 cm³/mol. The third kappa shape index (κ3) is 3.70. The minimum Gasteiger partial charge on any atom is -0.290 e. The van der Waals surface area contributed by atoms with Gasteiger partial charge in [-0.3, -0.25) is 4.79 Å². The Morgan fingerprint density at radius 3 is 1.73 bits per heavy atom. The van der Waals surface area contributed by atoms with Gasteiger partial charge in [-0.2, -0.15) is 0 Å². The quantitative estimate of drug-likeness (QED) is 0.701. The van der Waals surface area contributed by atoms with E-state index in [0.717, 1.165) is 23.1 Å². The van der Waals surface area contributed by atoms with E-state index in [-0.39, 0.29) is 5.43 Å². The van der Waals surface area contributed by atoms with Gasteiger partial charge in [0.1, 0.15) is 0 Å². The molecule has 0 radical (unpaired) electrons. The lowest BCUT2D eigenvalue weighted by atomic mass is 10.1. The van der Waals surface area contributed by atoms with Gasteiger partial charge in [-0.05, 0) is 29.2 Å². The standard InChI is InChI=1S/C21H18O/c22-21-16-19(14-17-8-3-1-4-9-17)12-7-13-20(21)15-18-10-5-2-6-11-18/h1-13,16H,14-15H2. The Balaban J connectivity index is 1.86. The molecule has 3 rings (SSSR count). The van der Waals surface area contributed by atoms with E-state index in [0.29, 0.717) is 6.42 Å². The minimum absolute atomic E-state index is 0.111. The lowest BCUT2D eigenvalue weighted by molar-refractivity contribution is 1.16. The largest absolute Gasteiger partial charge is 0.290 e. The number of benzene rings is 2. The van der Waals surface area contributed by atoms with Crippen LogP contribution in [0.15, 0.2) is 89.7 Å². The molecule has 0 aliphatic heterocycles. The summed E-state index contributed by atoms with van der Waals surface area (Å²) in [4.78, 5) is 12.4. The van der Waals surface area contributed by atoms with Crippen LogP contribution in [0.2, 0.25) is 0 Å². The monoisotopic (exact) mass is 286 g/mol. The summed E-state index contributed by atoms with van der Waals surface area (Å²) >= 11 is 0. The van der Waals surface area contributed by atoms with Crippen LogP contribution in [0, 0.1) is 0 Å². The molecule has 0 aromatic heterocycles. The number of rotatable bonds is 4. The van der Waals surface area contributed by atoms with Gasteiger partial charge in [-0.25, -0.2) is 0 Å². The van der Waals surface area contributed by atoms with E-state index < -0.39 is 0 Å². The first-order valence-electron chi connectivity index (χ1n) is 7.51. The number of hydrogen-bond acceptors (Lipinski definition) is 1. The van der Waals surface area contributed by atoms with Crippen LogP contribution in [-0.4, -0.2) is 0 Å². The molecule has 0 heterocycles. The zero-order valence-corrected chi connectivity index (χ0v) is 12.4. The van der Waals surface area contributed by atoms with E-state index in [9.17, 15) is 4.79 Å².